The minimum atomic E-state index is -0.535. The van der Waals surface area contributed by atoms with Gasteiger partial charge in [0.25, 0.3) is 0 Å². The molecule has 1 aromatic heterocycles. The van der Waals surface area contributed by atoms with Crippen LogP contribution in [0.4, 0.5) is 22.0 Å². The lowest BCUT2D eigenvalue weighted by Gasteiger charge is -2.08. The van der Waals surface area contributed by atoms with Gasteiger partial charge >= 0.3 is 6.09 Å². The Labute approximate surface area is 132 Å². The summed E-state index contributed by atoms with van der Waals surface area (Å²) in [5.74, 6) is 0.406. The molecule has 1 heterocycles. The predicted molar refractivity (Wildman–Crippen MR) is 84.6 cm³/mol. The number of nitrogens with one attached hydrogen (secondary N) is 2. The van der Waals surface area contributed by atoms with E-state index in [1.807, 2.05) is 0 Å². The molecular weight excluding hydrogens is 313 g/mol. The minimum absolute atomic E-state index is 0.307. The predicted octanol–water partition coefficient (Wildman–Crippen LogP) is 4.70. The van der Waals surface area contributed by atoms with Gasteiger partial charge in [-0.25, -0.2) is 9.78 Å². The second-order valence-corrected chi connectivity index (χ2v) is 4.93. The zero-order valence-electron chi connectivity index (χ0n) is 11.2. The summed E-state index contributed by atoms with van der Waals surface area (Å²) in [5, 5.41) is 6.71. The molecule has 110 valence electrons. The average molecular weight is 326 g/mol. The summed E-state index contributed by atoms with van der Waals surface area (Å²) in [4.78, 5) is 15.3. The van der Waals surface area contributed by atoms with Crippen molar-refractivity contribution in [1.29, 1.82) is 0 Å². The van der Waals surface area contributed by atoms with E-state index < -0.39 is 6.09 Å². The van der Waals surface area contributed by atoms with Gasteiger partial charge in [0.2, 0.25) is 0 Å². The van der Waals surface area contributed by atoms with Crippen LogP contribution in [0.2, 0.25) is 10.0 Å². The van der Waals surface area contributed by atoms with Crippen LogP contribution in [0.15, 0.2) is 36.5 Å². The fourth-order valence-electron chi connectivity index (χ4n) is 1.61. The van der Waals surface area contributed by atoms with E-state index in [2.05, 4.69) is 15.6 Å². The summed E-state index contributed by atoms with van der Waals surface area (Å²) >= 11 is 11.9. The molecule has 0 spiro atoms. The van der Waals surface area contributed by atoms with Crippen molar-refractivity contribution >= 4 is 46.5 Å². The van der Waals surface area contributed by atoms with E-state index in [1.54, 1.807) is 43.5 Å². The largest absolute Gasteiger partial charge is 0.450 e. The molecule has 0 saturated carbocycles. The highest BCUT2D eigenvalue weighted by Gasteiger charge is 2.03. The number of nitrogens with zero attached hydrogens (tertiary/aromatic N) is 1. The van der Waals surface area contributed by atoms with Gasteiger partial charge in [-0.2, -0.15) is 0 Å². The molecule has 1 amide bonds. The quantitative estimate of drug-likeness (QED) is 0.855. The third-order valence-corrected chi connectivity index (χ3v) is 2.86. The lowest BCUT2D eigenvalue weighted by atomic mass is 10.3. The molecule has 2 aromatic rings. The molecule has 0 radical (unpaired) electrons. The van der Waals surface area contributed by atoms with Crippen molar-refractivity contribution in [2.75, 3.05) is 17.2 Å². The van der Waals surface area contributed by atoms with E-state index in [9.17, 15) is 4.79 Å². The maximum Gasteiger partial charge on any atom is 0.412 e. The Hall–Kier alpha value is -1.98. The number of amides is 1. The molecular formula is C14H13Cl2N3O2. The summed E-state index contributed by atoms with van der Waals surface area (Å²) in [6.45, 7) is 2.04. The van der Waals surface area contributed by atoms with Crippen LogP contribution < -0.4 is 10.6 Å². The van der Waals surface area contributed by atoms with Crippen LogP contribution in [0, 0.1) is 0 Å². The number of carbonyl (C=O) groups is 1. The number of anilines is 3. The van der Waals surface area contributed by atoms with Gasteiger partial charge in [0.15, 0.2) is 0 Å². The van der Waals surface area contributed by atoms with Gasteiger partial charge < -0.3 is 10.1 Å². The maximum absolute atomic E-state index is 11.2. The molecule has 7 heteroatoms. The summed E-state index contributed by atoms with van der Waals surface area (Å²) < 4.78 is 4.76. The van der Waals surface area contributed by atoms with Crippen LogP contribution in [0.5, 0.6) is 0 Å². The van der Waals surface area contributed by atoms with Crippen LogP contribution in [0.1, 0.15) is 6.92 Å². The van der Waals surface area contributed by atoms with E-state index in [-0.39, 0.29) is 0 Å². The molecule has 21 heavy (non-hydrogen) atoms. The Morgan fingerprint density at radius 2 is 1.90 bits per heavy atom. The molecule has 0 unspecified atom stereocenters. The normalized spacial score (nSPS) is 10.0. The zero-order valence-corrected chi connectivity index (χ0v) is 12.7. The number of aromatic nitrogens is 1. The van der Waals surface area contributed by atoms with Gasteiger partial charge in [0, 0.05) is 15.7 Å². The summed E-state index contributed by atoms with van der Waals surface area (Å²) in [7, 11) is 0. The highest BCUT2D eigenvalue weighted by Crippen LogP contribution is 2.25. The molecule has 0 fully saturated rings. The maximum atomic E-state index is 11.2. The second kappa shape index (κ2) is 7.15. The highest BCUT2D eigenvalue weighted by molar-refractivity contribution is 6.35. The molecule has 0 aliphatic rings. The average Bonchev–Trinajstić information content (AvgIpc) is 2.40. The Kier molecular flexibility index (Phi) is 5.25. The first-order valence-corrected chi connectivity index (χ1v) is 6.95. The van der Waals surface area contributed by atoms with Crippen molar-refractivity contribution in [3.8, 4) is 0 Å². The van der Waals surface area contributed by atoms with Crippen LogP contribution in [-0.4, -0.2) is 17.7 Å². The first kappa shape index (κ1) is 15.4. The Morgan fingerprint density at radius 3 is 2.48 bits per heavy atom. The Morgan fingerprint density at radius 1 is 1.19 bits per heavy atom. The van der Waals surface area contributed by atoms with Crippen molar-refractivity contribution in [2.45, 2.75) is 6.92 Å². The molecule has 0 bridgehead atoms. The second-order valence-electron chi connectivity index (χ2n) is 4.06. The van der Waals surface area contributed by atoms with E-state index >= 15 is 0 Å². The van der Waals surface area contributed by atoms with Crippen LogP contribution >= 0.6 is 23.2 Å². The molecule has 1 aromatic carbocycles. The third-order valence-electron chi connectivity index (χ3n) is 2.42. The van der Waals surface area contributed by atoms with Crippen molar-refractivity contribution in [3.05, 3.63) is 46.6 Å². The molecule has 2 rings (SSSR count). The number of ether oxygens (including phenoxy) is 1. The molecule has 0 saturated heterocycles. The molecule has 0 aliphatic carbocycles. The number of halogens is 2. The Balaban J connectivity index is 2.03. The third kappa shape index (κ3) is 4.81. The first-order valence-electron chi connectivity index (χ1n) is 6.20. The molecule has 0 atom stereocenters. The van der Waals surface area contributed by atoms with Crippen molar-refractivity contribution < 1.29 is 9.53 Å². The molecule has 2 N–H and O–H groups in total. The number of pyridine rings is 1. The first-order chi connectivity index (χ1) is 10.1. The van der Waals surface area contributed by atoms with E-state index in [1.165, 1.54) is 0 Å². The van der Waals surface area contributed by atoms with Gasteiger partial charge in [0.1, 0.15) is 5.82 Å². The number of rotatable bonds is 4. The van der Waals surface area contributed by atoms with Crippen LogP contribution in [0.3, 0.4) is 0 Å². The minimum Gasteiger partial charge on any atom is -0.450 e. The summed E-state index contributed by atoms with van der Waals surface area (Å²) in [6, 6.07) is 8.57. The fourth-order valence-corrected chi connectivity index (χ4v) is 2.13. The van der Waals surface area contributed by atoms with Gasteiger partial charge in [-0.05, 0) is 37.3 Å². The van der Waals surface area contributed by atoms with E-state index in [0.717, 1.165) is 11.4 Å². The fraction of sp³-hybridized carbons (Fsp3) is 0.143. The SMILES string of the molecule is CCOC(=O)Nc1ccc(Nc2cc(Cl)cc(Cl)c2)cn1. The number of hydrogen-bond donors (Lipinski definition) is 2. The molecule has 5 nitrogen and oxygen atoms in total. The number of benzene rings is 1. The van der Waals surface area contributed by atoms with Gasteiger partial charge in [-0.3, -0.25) is 5.32 Å². The van der Waals surface area contributed by atoms with E-state index in [0.29, 0.717) is 22.5 Å². The van der Waals surface area contributed by atoms with Crippen molar-refractivity contribution in [1.82, 2.24) is 4.98 Å². The van der Waals surface area contributed by atoms with Gasteiger partial charge in [-0.15, -0.1) is 0 Å². The topological polar surface area (TPSA) is 63.2 Å². The zero-order chi connectivity index (χ0) is 15.2. The summed E-state index contributed by atoms with van der Waals surface area (Å²) in [5.41, 5.74) is 1.49. The monoisotopic (exact) mass is 325 g/mol. The van der Waals surface area contributed by atoms with E-state index in [4.69, 9.17) is 27.9 Å². The van der Waals surface area contributed by atoms with Crippen molar-refractivity contribution in [3.63, 3.8) is 0 Å². The van der Waals surface area contributed by atoms with Crippen LogP contribution in [0.25, 0.3) is 0 Å². The van der Waals surface area contributed by atoms with Gasteiger partial charge in [0.05, 0.1) is 18.5 Å². The van der Waals surface area contributed by atoms with Crippen molar-refractivity contribution in [2.24, 2.45) is 0 Å². The Bertz CT molecular complexity index is 612. The lowest BCUT2D eigenvalue weighted by Crippen LogP contribution is -2.14. The number of carbonyl (C=O) groups excluding carboxylic acids is 1. The standard InChI is InChI=1S/C14H13Cl2N3O2/c1-2-21-14(20)19-13-4-3-11(8-17-13)18-12-6-9(15)5-10(16)7-12/h3-8,18H,2H2,1H3,(H,17,19,20). The van der Waals surface area contributed by atoms with Crippen LogP contribution in [-0.2, 0) is 4.74 Å². The summed E-state index contributed by atoms with van der Waals surface area (Å²) in [6.07, 6.45) is 1.04. The lowest BCUT2D eigenvalue weighted by molar-refractivity contribution is 0.168. The molecule has 0 aliphatic heterocycles. The smallest absolute Gasteiger partial charge is 0.412 e. The number of hydrogen-bond acceptors (Lipinski definition) is 4. The van der Waals surface area contributed by atoms with Gasteiger partial charge in [-0.1, -0.05) is 23.2 Å². The highest BCUT2D eigenvalue weighted by atomic mass is 35.5.